The van der Waals surface area contributed by atoms with Gasteiger partial charge in [0.25, 0.3) is 5.91 Å². The molecule has 1 amide bonds. The molecule has 12 nitrogen and oxygen atoms in total. The van der Waals surface area contributed by atoms with Crippen LogP contribution in [-0.4, -0.2) is 88.9 Å². The average Bonchev–Trinajstić information content (AvgIpc) is 2.82. The number of benzene rings is 1. The molecule has 3 aliphatic rings. The summed E-state index contributed by atoms with van der Waals surface area (Å²) < 4.78 is 4.93. The van der Waals surface area contributed by atoms with E-state index in [4.69, 9.17) is 15.3 Å². The Bertz CT molecular complexity index is 1220. The van der Waals surface area contributed by atoms with E-state index in [-0.39, 0.29) is 36.3 Å². The van der Waals surface area contributed by atoms with Gasteiger partial charge in [-0.1, -0.05) is 6.07 Å². The smallest absolute Gasteiger partial charge is 0.255 e. The zero-order chi connectivity index (χ0) is 27.2. The summed E-state index contributed by atoms with van der Waals surface area (Å²) in [6.07, 6.45) is 0.233. The van der Waals surface area contributed by atoms with Crippen molar-refractivity contribution < 1.29 is 44.4 Å². The number of carbonyl (C=O) groups excluding carboxylic acids is 3. The Labute approximate surface area is 212 Å². The second kappa shape index (κ2) is 9.88. The van der Waals surface area contributed by atoms with Crippen molar-refractivity contribution in [2.45, 2.75) is 31.0 Å². The first-order valence-corrected chi connectivity index (χ1v) is 11.8. The Kier molecular flexibility index (Phi) is 7.14. The number of nitrogens with two attached hydrogens (primary N) is 1. The number of aromatic hydroxyl groups is 1. The van der Waals surface area contributed by atoms with E-state index in [1.807, 2.05) is 0 Å². The topological polar surface area (TPSA) is 192 Å². The molecule has 1 aromatic carbocycles. The molecule has 0 saturated heterocycles. The first-order chi connectivity index (χ1) is 17.5. The number of rotatable bonds is 8. The predicted octanol–water partition coefficient (Wildman–Crippen LogP) is -0.368. The molecule has 1 aromatic rings. The van der Waals surface area contributed by atoms with Gasteiger partial charge in [-0.05, 0) is 50.0 Å². The largest absolute Gasteiger partial charge is 0.508 e. The van der Waals surface area contributed by atoms with Crippen LogP contribution in [0.4, 0.5) is 0 Å². The van der Waals surface area contributed by atoms with Crippen molar-refractivity contribution in [3.63, 3.8) is 0 Å². The van der Waals surface area contributed by atoms with Crippen LogP contribution in [0, 0.1) is 11.8 Å². The molecular formula is C25H31N3O9. The van der Waals surface area contributed by atoms with E-state index in [2.05, 4.69) is 5.48 Å². The minimum Gasteiger partial charge on any atom is -0.508 e. The molecule has 200 valence electrons. The number of phenols is 1. The Morgan fingerprint density at radius 1 is 1.22 bits per heavy atom. The third kappa shape index (κ3) is 4.10. The van der Waals surface area contributed by atoms with Gasteiger partial charge >= 0.3 is 0 Å². The molecule has 1 saturated carbocycles. The number of nitrogens with zero attached hydrogens (tertiary/aromatic N) is 1. The number of likely N-dealkylation sites (N-methyl/N-ethyl adjacent to an activating group) is 1. The third-order valence-corrected chi connectivity index (χ3v) is 7.46. The van der Waals surface area contributed by atoms with Gasteiger partial charge in [-0.2, -0.15) is 5.48 Å². The number of aliphatic hydroxyl groups excluding tert-OH is 2. The van der Waals surface area contributed by atoms with Crippen LogP contribution in [0.2, 0.25) is 0 Å². The van der Waals surface area contributed by atoms with Crippen molar-refractivity contribution in [2.75, 3.05) is 34.4 Å². The van der Waals surface area contributed by atoms with Crippen molar-refractivity contribution in [2.24, 2.45) is 17.6 Å². The van der Waals surface area contributed by atoms with Crippen molar-refractivity contribution in [1.29, 1.82) is 0 Å². The SMILES string of the molecule is COCCONCc1ccc(O)c2c1CC1CC3[C@H](N(C)C)C(=O)C(C(N)=O)=C(O)[C@@]3(O)C(=O)C1=C2O. The zero-order valence-corrected chi connectivity index (χ0v) is 20.8. The van der Waals surface area contributed by atoms with Crippen LogP contribution in [0.5, 0.6) is 5.75 Å². The van der Waals surface area contributed by atoms with Gasteiger partial charge in [0.05, 0.1) is 24.8 Å². The Hall–Kier alpha value is -3.29. The molecule has 0 aliphatic heterocycles. The van der Waals surface area contributed by atoms with Gasteiger partial charge in [-0.3, -0.25) is 24.1 Å². The summed E-state index contributed by atoms with van der Waals surface area (Å²) in [6, 6.07) is 1.91. The van der Waals surface area contributed by atoms with E-state index >= 15 is 0 Å². The molecule has 0 heterocycles. The van der Waals surface area contributed by atoms with Gasteiger partial charge in [-0.15, -0.1) is 0 Å². The fraction of sp³-hybridized carbons (Fsp3) is 0.480. The molecule has 12 heteroatoms. The normalized spacial score (nSPS) is 27.3. The number of Topliss-reactive ketones (excluding diaryl/α,β-unsaturated/α-hetero) is 2. The van der Waals surface area contributed by atoms with Crippen molar-refractivity contribution in [3.8, 4) is 5.75 Å². The van der Waals surface area contributed by atoms with Gasteiger partial charge in [-0.25, -0.2) is 0 Å². The highest BCUT2D eigenvalue weighted by Crippen LogP contribution is 2.52. The maximum absolute atomic E-state index is 13.8. The standard InChI is InChI=1S/C25H31N3O9/c1-28(2)19-14-9-12-8-13-11(10-27-37-7-6-36-3)4-5-15(29)17(13)20(30)16(12)22(32)25(14,35)23(33)18(21(19)31)24(26)34/h4-5,12,14,19,27,29-30,33,35H,6-10H2,1-3H3,(H2,26,34)/t12?,14?,19-,25-/m0/s1. The van der Waals surface area contributed by atoms with Crippen LogP contribution in [0.15, 0.2) is 29.0 Å². The molecule has 3 aliphatic carbocycles. The second-order valence-electron chi connectivity index (χ2n) is 9.72. The molecule has 2 unspecified atom stereocenters. The summed E-state index contributed by atoms with van der Waals surface area (Å²) in [7, 11) is 4.65. The summed E-state index contributed by atoms with van der Waals surface area (Å²) in [5, 5.41) is 44.3. The van der Waals surface area contributed by atoms with Crippen LogP contribution in [0.3, 0.4) is 0 Å². The highest BCUT2D eigenvalue weighted by Gasteiger charge is 2.64. The van der Waals surface area contributed by atoms with Crippen LogP contribution in [0.25, 0.3) is 5.76 Å². The first kappa shape index (κ1) is 26.8. The maximum atomic E-state index is 13.8. The second-order valence-corrected chi connectivity index (χ2v) is 9.72. The number of nitrogens with one attached hydrogen (secondary N) is 1. The number of hydrogen-bond donors (Lipinski definition) is 6. The lowest BCUT2D eigenvalue weighted by molar-refractivity contribution is -0.153. The Balaban J connectivity index is 1.82. The van der Waals surface area contributed by atoms with E-state index in [1.165, 1.54) is 11.0 Å². The van der Waals surface area contributed by atoms with Crippen molar-refractivity contribution in [1.82, 2.24) is 10.4 Å². The maximum Gasteiger partial charge on any atom is 0.255 e. The number of ether oxygens (including phenoxy) is 1. The third-order valence-electron chi connectivity index (χ3n) is 7.46. The van der Waals surface area contributed by atoms with E-state index in [9.17, 15) is 34.8 Å². The number of ketones is 2. The lowest BCUT2D eigenvalue weighted by Crippen LogP contribution is -2.65. The fourth-order valence-electron chi connectivity index (χ4n) is 5.80. The van der Waals surface area contributed by atoms with E-state index in [1.54, 1.807) is 27.3 Å². The molecule has 7 N–H and O–H groups in total. The number of phenolic OH excluding ortho intramolecular Hbond substituents is 1. The number of primary amides is 1. The van der Waals surface area contributed by atoms with E-state index in [0.29, 0.717) is 24.3 Å². The summed E-state index contributed by atoms with van der Waals surface area (Å²) in [5.41, 5.74) is 5.75. The van der Waals surface area contributed by atoms with Crippen LogP contribution < -0.4 is 11.2 Å². The Morgan fingerprint density at radius 3 is 2.54 bits per heavy atom. The number of methoxy groups -OCH3 is 1. The monoisotopic (exact) mass is 517 g/mol. The molecule has 1 fully saturated rings. The predicted molar refractivity (Wildman–Crippen MR) is 129 cm³/mol. The number of carbonyl (C=O) groups is 3. The summed E-state index contributed by atoms with van der Waals surface area (Å²) >= 11 is 0. The number of hydrogen-bond acceptors (Lipinski definition) is 11. The highest BCUT2D eigenvalue weighted by atomic mass is 16.7. The molecule has 0 aromatic heterocycles. The number of fused-ring (bicyclic) bond motifs is 3. The fourth-order valence-corrected chi connectivity index (χ4v) is 5.80. The first-order valence-electron chi connectivity index (χ1n) is 11.8. The molecule has 37 heavy (non-hydrogen) atoms. The molecule has 0 spiro atoms. The van der Waals surface area contributed by atoms with Gasteiger partial charge in [0.15, 0.2) is 11.4 Å². The Morgan fingerprint density at radius 2 is 1.92 bits per heavy atom. The van der Waals surface area contributed by atoms with Gasteiger partial charge < -0.3 is 30.9 Å². The molecule has 0 bridgehead atoms. The molecule has 0 radical (unpaired) electrons. The van der Waals surface area contributed by atoms with Crippen molar-refractivity contribution >= 4 is 23.2 Å². The number of hydroxylamine groups is 1. The molecule has 4 rings (SSSR count). The van der Waals surface area contributed by atoms with Crippen LogP contribution >= 0.6 is 0 Å². The van der Waals surface area contributed by atoms with Crippen LogP contribution in [0.1, 0.15) is 23.1 Å². The minimum atomic E-state index is -2.66. The summed E-state index contributed by atoms with van der Waals surface area (Å²) in [6.45, 7) is 0.910. The lowest BCUT2D eigenvalue weighted by Gasteiger charge is -2.50. The summed E-state index contributed by atoms with van der Waals surface area (Å²) in [5.74, 6) is -6.78. The lowest BCUT2D eigenvalue weighted by atomic mass is 9.57. The number of amides is 1. The van der Waals surface area contributed by atoms with Gasteiger partial charge in [0, 0.05) is 25.1 Å². The molecule has 4 atom stereocenters. The van der Waals surface area contributed by atoms with Gasteiger partial charge in [0.1, 0.15) is 22.8 Å². The summed E-state index contributed by atoms with van der Waals surface area (Å²) in [4.78, 5) is 45.7. The quantitative estimate of drug-likeness (QED) is 0.150. The minimum absolute atomic E-state index is 0.0264. The zero-order valence-electron chi connectivity index (χ0n) is 20.8. The van der Waals surface area contributed by atoms with Crippen LogP contribution in [-0.2, 0) is 36.9 Å². The van der Waals surface area contributed by atoms with Crippen molar-refractivity contribution in [3.05, 3.63) is 45.7 Å². The average molecular weight is 518 g/mol. The van der Waals surface area contributed by atoms with E-state index < -0.39 is 58.0 Å². The number of aliphatic hydroxyl groups is 3. The van der Waals surface area contributed by atoms with Gasteiger partial charge in [0.2, 0.25) is 5.78 Å². The highest BCUT2D eigenvalue weighted by molar-refractivity contribution is 6.24. The molecular weight excluding hydrogens is 486 g/mol. The van der Waals surface area contributed by atoms with E-state index in [0.717, 1.165) is 0 Å².